The van der Waals surface area contributed by atoms with Crippen molar-refractivity contribution < 1.29 is 14.3 Å². The van der Waals surface area contributed by atoms with Crippen molar-refractivity contribution in [2.75, 3.05) is 26.8 Å². The summed E-state index contributed by atoms with van der Waals surface area (Å²) in [6.45, 7) is 2.14. The van der Waals surface area contributed by atoms with Crippen molar-refractivity contribution >= 4 is 6.09 Å². The van der Waals surface area contributed by atoms with Gasteiger partial charge in [-0.2, -0.15) is 0 Å². The van der Waals surface area contributed by atoms with Crippen molar-refractivity contribution in [3.8, 4) is 5.75 Å². The molecule has 1 aromatic carbocycles. The molecule has 0 saturated heterocycles. The highest BCUT2D eigenvalue weighted by Crippen LogP contribution is 2.28. The summed E-state index contributed by atoms with van der Waals surface area (Å²) in [6, 6.07) is 5.98. The quantitative estimate of drug-likeness (QED) is 0.838. The fraction of sp³-hybridized carbons (Fsp3) is 0.500. The first-order chi connectivity index (χ1) is 9.26. The third-order valence-electron chi connectivity index (χ3n) is 3.28. The summed E-state index contributed by atoms with van der Waals surface area (Å²) in [4.78, 5) is 13.6. The number of ether oxygens (including phenoxy) is 2. The van der Waals surface area contributed by atoms with Crippen LogP contribution in [0.1, 0.15) is 17.5 Å². The lowest BCUT2D eigenvalue weighted by Gasteiger charge is -2.29. The molecule has 1 aromatic rings. The van der Waals surface area contributed by atoms with Gasteiger partial charge in [-0.15, -0.1) is 0 Å². The Balaban J connectivity index is 2.02. The molecule has 0 atom stereocenters. The van der Waals surface area contributed by atoms with Gasteiger partial charge < -0.3 is 20.1 Å². The van der Waals surface area contributed by atoms with Crippen molar-refractivity contribution in [1.29, 1.82) is 0 Å². The van der Waals surface area contributed by atoms with Gasteiger partial charge in [0.2, 0.25) is 0 Å². The number of hydrogen-bond donors (Lipinski definition) is 1. The lowest BCUT2D eigenvalue weighted by molar-refractivity contribution is 0.0969. The zero-order chi connectivity index (χ0) is 13.7. The van der Waals surface area contributed by atoms with E-state index < -0.39 is 0 Å². The predicted molar refractivity (Wildman–Crippen MR) is 72.1 cm³/mol. The Bertz CT molecular complexity index is 434. The Hall–Kier alpha value is -1.75. The van der Waals surface area contributed by atoms with E-state index in [0.29, 0.717) is 32.7 Å². The molecule has 0 aromatic heterocycles. The molecular formula is C14H20N2O3. The van der Waals surface area contributed by atoms with Crippen molar-refractivity contribution in [3.05, 3.63) is 29.3 Å². The maximum absolute atomic E-state index is 11.9. The second-order valence-corrected chi connectivity index (χ2v) is 4.53. The van der Waals surface area contributed by atoms with Crippen LogP contribution in [0.4, 0.5) is 4.79 Å². The lowest BCUT2D eigenvalue weighted by Crippen LogP contribution is -2.36. The lowest BCUT2D eigenvalue weighted by atomic mass is 9.99. The topological polar surface area (TPSA) is 64.8 Å². The zero-order valence-electron chi connectivity index (χ0n) is 11.2. The van der Waals surface area contributed by atoms with E-state index in [1.807, 2.05) is 12.1 Å². The van der Waals surface area contributed by atoms with E-state index >= 15 is 0 Å². The van der Waals surface area contributed by atoms with Gasteiger partial charge in [-0.05, 0) is 31.0 Å². The van der Waals surface area contributed by atoms with Gasteiger partial charge in [-0.3, -0.25) is 0 Å². The Labute approximate surface area is 113 Å². The second-order valence-electron chi connectivity index (χ2n) is 4.53. The van der Waals surface area contributed by atoms with E-state index in [9.17, 15) is 4.79 Å². The number of carbonyl (C=O) groups is 1. The molecule has 1 aliphatic rings. The second kappa shape index (κ2) is 6.43. The maximum atomic E-state index is 11.9. The van der Waals surface area contributed by atoms with Crippen LogP contribution in [0.15, 0.2) is 18.2 Å². The van der Waals surface area contributed by atoms with Gasteiger partial charge in [0.05, 0.1) is 20.3 Å². The minimum Gasteiger partial charge on any atom is -0.496 e. The molecule has 0 saturated carbocycles. The largest absolute Gasteiger partial charge is 0.496 e. The smallest absolute Gasteiger partial charge is 0.410 e. The summed E-state index contributed by atoms with van der Waals surface area (Å²) in [5.74, 6) is 0.831. The summed E-state index contributed by atoms with van der Waals surface area (Å²) in [6.07, 6.45) is 1.25. The molecule has 0 aliphatic carbocycles. The number of rotatable bonds is 4. The highest BCUT2D eigenvalue weighted by atomic mass is 16.6. The van der Waals surface area contributed by atoms with Gasteiger partial charge in [-0.25, -0.2) is 4.79 Å². The molecule has 1 amide bonds. The van der Waals surface area contributed by atoms with E-state index in [2.05, 4.69) is 6.07 Å². The van der Waals surface area contributed by atoms with E-state index in [4.69, 9.17) is 15.2 Å². The number of fused-ring (bicyclic) bond motifs is 1. The molecule has 5 heteroatoms. The summed E-state index contributed by atoms with van der Waals surface area (Å²) in [7, 11) is 1.65. The molecule has 1 aliphatic heterocycles. The zero-order valence-corrected chi connectivity index (χ0v) is 11.2. The SMILES string of the molecule is COc1cccc2c1CN(C(=O)OCCCN)CC2. The van der Waals surface area contributed by atoms with Gasteiger partial charge in [0.1, 0.15) is 5.75 Å². The van der Waals surface area contributed by atoms with Crippen LogP contribution in [0.2, 0.25) is 0 Å². The van der Waals surface area contributed by atoms with Gasteiger partial charge in [0.25, 0.3) is 0 Å². The first-order valence-corrected chi connectivity index (χ1v) is 6.52. The number of benzene rings is 1. The average molecular weight is 264 g/mol. The van der Waals surface area contributed by atoms with Gasteiger partial charge in [0.15, 0.2) is 0 Å². The summed E-state index contributed by atoms with van der Waals surface area (Å²) < 4.78 is 10.5. The summed E-state index contributed by atoms with van der Waals surface area (Å²) in [5, 5.41) is 0. The molecule has 5 nitrogen and oxygen atoms in total. The molecular weight excluding hydrogens is 244 g/mol. The monoisotopic (exact) mass is 264 g/mol. The van der Waals surface area contributed by atoms with Gasteiger partial charge in [-0.1, -0.05) is 12.1 Å². The minimum atomic E-state index is -0.273. The van der Waals surface area contributed by atoms with Gasteiger partial charge in [0, 0.05) is 12.1 Å². The summed E-state index contributed by atoms with van der Waals surface area (Å²) in [5.41, 5.74) is 7.69. The van der Waals surface area contributed by atoms with Crippen LogP contribution < -0.4 is 10.5 Å². The third-order valence-corrected chi connectivity index (χ3v) is 3.28. The number of nitrogens with zero attached hydrogens (tertiary/aromatic N) is 1. The summed E-state index contributed by atoms with van der Waals surface area (Å²) >= 11 is 0. The molecule has 19 heavy (non-hydrogen) atoms. The number of amides is 1. The van der Waals surface area contributed by atoms with Crippen molar-refractivity contribution in [2.45, 2.75) is 19.4 Å². The first kappa shape index (κ1) is 13.7. The molecule has 1 heterocycles. The molecule has 0 fully saturated rings. The standard InChI is InChI=1S/C14H20N2O3/c1-18-13-5-2-4-11-6-8-16(10-12(11)13)14(17)19-9-3-7-15/h2,4-5H,3,6-10,15H2,1H3. The van der Waals surface area contributed by atoms with Crippen LogP contribution in [0, 0.1) is 0 Å². The van der Waals surface area contributed by atoms with Crippen molar-refractivity contribution in [3.63, 3.8) is 0 Å². The normalized spacial score (nSPS) is 13.9. The Morgan fingerprint density at radius 2 is 2.32 bits per heavy atom. The number of hydrogen-bond acceptors (Lipinski definition) is 4. The van der Waals surface area contributed by atoms with E-state index in [1.165, 1.54) is 5.56 Å². The Morgan fingerprint density at radius 3 is 3.05 bits per heavy atom. The molecule has 0 bridgehead atoms. The highest BCUT2D eigenvalue weighted by Gasteiger charge is 2.23. The molecule has 0 radical (unpaired) electrons. The molecule has 0 unspecified atom stereocenters. The van der Waals surface area contributed by atoms with E-state index in [1.54, 1.807) is 12.0 Å². The van der Waals surface area contributed by atoms with E-state index in [0.717, 1.165) is 17.7 Å². The van der Waals surface area contributed by atoms with Crippen molar-refractivity contribution in [2.24, 2.45) is 5.73 Å². The molecule has 0 spiro atoms. The van der Waals surface area contributed by atoms with Crippen LogP contribution in [0.3, 0.4) is 0 Å². The molecule has 2 N–H and O–H groups in total. The highest BCUT2D eigenvalue weighted by molar-refractivity contribution is 5.68. The maximum Gasteiger partial charge on any atom is 0.410 e. The Morgan fingerprint density at radius 1 is 1.47 bits per heavy atom. The number of nitrogens with two attached hydrogens (primary N) is 1. The van der Waals surface area contributed by atoms with E-state index in [-0.39, 0.29) is 6.09 Å². The third kappa shape index (κ3) is 3.17. The molecule has 2 rings (SSSR count). The van der Waals surface area contributed by atoms with Crippen LogP contribution in [0.25, 0.3) is 0 Å². The number of methoxy groups -OCH3 is 1. The first-order valence-electron chi connectivity index (χ1n) is 6.52. The van der Waals surface area contributed by atoms with Crippen molar-refractivity contribution in [1.82, 2.24) is 4.90 Å². The van der Waals surface area contributed by atoms with Crippen LogP contribution in [-0.2, 0) is 17.7 Å². The predicted octanol–water partition coefficient (Wildman–Crippen LogP) is 1.54. The number of carbonyl (C=O) groups excluding carboxylic acids is 1. The fourth-order valence-corrected chi connectivity index (χ4v) is 2.23. The van der Waals surface area contributed by atoms with Crippen LogP contribution in [0.5, 0.6) is 5.75 Å². The average Bonchev–Trinajstić information content (AvgIpc) is 2.46. The van der Waals surface area contributed by atoms with Gasteiger partial charge >= 0.3 is 6.09 Å². The minimum absolute atomic E-state index is 0.273. The Kier molecular flexibility index (Phi) is 4.63. The fourth-order valence-electron chi connectivity index (χ4n) is 2.23. The van der Waals surface area contributed by atoms with Crippen LogP contribution >= 0.6 is 0 Å². The molecule has 104 valence electrons. The van der Waals surface area contributed by atoms with Crippen LogP contribution in [-0.4, -0.2) is 37.8 Å².